The topological polar surface area (TPSA) is 337 Å². The SMILES string of the molecule is CC(=O)N1CCC[C@H]1C(=O)N[C@@H](CC(C)C)C(=O)N[C@@H](Cc1cncn1CCCCCO/N=C/c1cn(-c2ccccc2)nn1)C(=O)N[C@@H](CO)C(=O)N[C@H](C(N)=O)[C@@H](C)OP(=O)(O)O. The lowest BCUT2D eigenvalue weighted by Crippen LogP contribution is -2.61. The van der Waals surface area contributed by atoms with Gasteiger partial charge in [0.2, 0.25) is 35.4 Å². The van der Waals surface area contributed by atoms with Gasteiger partial charge in [0.25, 0.3) is 0 Å². The molecule has 1 aliphatic rings. The van der Waals surface area contributed by atoms with Gasteiger partial charge in [-0.05, 0) is 63.5 Å². The third-order valence-corrected chi connectivity index (χ3v) is 10.9. The number of rotatable bonds is 26. The first-order chi connectivity index (χ1) is 30.9. The monoisotopic (exact) mass is 930 g/mol. The summed E-state index contributed by atoms with van der Waals surface area (Å²) < 4.78 is 19.3. The lowest BCUT2D eigenvalue weighted by molar-refractivity contribution is -0.139. The van der Waals surface area contributed by atoms with Crippen LogP contribution in [0.2, 0.25) is 0 Å². The van der Waals surface area contributed by atoms with E-state index in [2.05, 4.69) is 46.2 Å². The Morgan fingerprint density at radius 2 is 1.66 bits per heavy atom. The molecule has 1 aliphatic heterocycles. The summed E-state index contributed by atoms with van der Waals surface area (Å²) in [5.74, 6) is -5.01. The molecule has 0 unspecified atom stereocenters. The van der Waals surface area contributed by atoms with Gasteiger partial charge in [0.1, 0.15) is 42.5 Å². The zero-order valence-corrected chi connectivity index (χ0v) is 37.6. The Bertz CT molecular complexity index is 2150. The van der Waals surface area contributed by atoms with E-state index >= 15 is 0 Å². The molecule has 3 heterocycles. The van der Waals surface area contributed by atoms with Crippen LogP contribution in [-0.2, 0) is 55.7 Å². The Labute approximate surface area is 375 Å². The molecule has 3 aromatic rings. The maximum atomic E-state index is 14.0. The highest BCUT2D eigenvalue weighted by Gasteiger charge is 2.37. The molecular formula is C40H59N12O12P. The number of hydrogen-bond acceptors (Lipinski definition) is 14. The first-order valence-corrected chi connectivity index (χ1v) is 22.6. The fraction of sp³-hybridized carbons (Fsp3) is 0.550. The number of para-hydroxylation sites is 1. The lowest BCUT2D eigenvalue weighted by Gasteiger charge is -2.28. The Balaban J connectivity index is 1.44. The molecule has 4 rings (SSSR count). The minimum atomic E-state index is -5.13. The number of phosphoric ester groups is 1. The molecule has 1 aromatic carbocycles. The minimum Gasteiger partial charge on any atom is -0.396 e. The fourth-order valence-corrected chi connectivity index (χ4v) is 7.58. The molecule has 356 valence electrons. The standard InChI is InChI=1S/C40H59N12O12P/c1-25(2)18-31(45-40(59)34-14-11-16-51(34)27(4)54)37(56)44-32(38(57)46-33(23-53)39(58)47-35(36(41)55)26(3)64-65(60,61)62)19-30-21-42-24-50(30)15-9-6-10-17-63-43-20-28-22-52(49-48-28)29-12-7-5-8-13-29/h5,7-8,12-13,20-22,24-26,31-35,53H,6,9-11,14-19,23H2,1-4H3,(H2,41,55)(H,44,56)(H,45,59)(H,46,57)(H,47,58)(H2,60,61,62)/b43-20+/t26-,31+,32+,33+,34+,35+/m1/s1. The van der Waals surface area contributed by atoms with Crippen LogP contribution in [0.15, 0.2) is 54.2 Å². The van der Waals surface area contributed by atoms with E-state index in [1.807, 2.05) is 44.2 Å². The Hall–Kier alpha value is -6.07. The number of phosphoric acid groups is 1. The molecule has 0 aliphatic carbocycles. The normalized spacial score (nSPS) is 16.4. The largest absolute Gasteiger partial charge is 0.469 e. The number of aromatic nitrogens is 5. The van der Waals surface area contributed by atoms with Crippen LogP contribution < -0.4 is 27.0 Å². The van der Waals surface area contributed by atoms with Crippen molar-refractivity contribution in [2.45, 2.75) is 115 Å². The summed E-state index contributed by atoms with van der Waals surface area (Å²) >= 11 is 0. The van der Waals surface area contributed by atoms with Gasteiger partial charge in [0.05, 0.1) is 37.1 Å². The number of aryl methyl sites for hydroxylation is 1. The molecular weight excluding hydrogens is 871 g/mol. The van der Waals surface area contributed by atoms with E-state index in [0.717, 1.165) is 12.6 Å². The zero-order chi connectivity index (χ0) is 47.7. The summed E-state index contributed by atoms with van der Waals surface area (Å²) in [6.45, 7) is 6.25. The first-order valence-electron chi connectivity index (χ1n) is 21.1. The van der Waals surface area contributed by atoms with E-state index in [1.165, 1.54) is 24.2 Å². The molecule has 2 aromatic heterocycles. The molecule has 0 saturated carbocycles. The van der Waals surface area contributed by atoms with Crippen molar-refractivity contribution in [3.63, 3.8) is 0 Å². The summed E-state index contributed by atoms with van der Waals surface area (Å²) in [6, 6.07) is 2.57. The van der Waals surface area contributed by atoms with Crippen molar-refractivity contribution in [2.24, 2.45) is 16.8 Å². The van der Waals surface area contributed by atoms with Gasteiger partial charge in [-0.1, -0.05) is 42.4 Å². The molecule has 6 amide bonds. The zero-order valence-electron chi connectivity index (χ0n) is 36.7. The maximum Gasteiger partial charge on any atom is 0.469 e. The highest BCUT2D eigenvalue weighted by atomic mass is 31.2. The van der Waals surface area contributed by atoms with Gasteiger partial charge in [-0.2, -0.15) is 0 Å². The van der Waals surface area contributed by atoms with E-state index in [1.54, 1.807) is 21.8 Å². The fourth-order valence-electron chi connectivity index (χ4n) is 7.03. The van der Waals surface area contributed by atoms with Crippen LogP contribution in [0.5, 0.6) is 0 Å². The quantitative estimate of drug-likeness (QED) is 0.0211. The number of carbonyl (C=O) groups excluding carboxylic acids is 6. The number of likely N-dealkylation sites (tertiary alicyclic amines) is 1. The van der Waals surface area contributed by atoms with Gasteiger partial charge in [-0.25, -0.2) is 14.2 Å². The van der Waals surface area contributed by atoms with Crippen molar-refractivity contribution in [3.05, 3.63) is 60.4 Å². The first kappa shape index (κ1) is 51.6. The summed E-state index contributed by atoms with van der Waals surface area (Å²) in [4.78, 5) is 109. The molecule has 0 spiro atoms. The van der Waals surface area contributed by atoms with E-state index in [-0.39, 0.29) is 24.7 Å². The van der Waals surface area contributed by atoms with Crippen molar-refractivity contribution >= 4 is 49.5 Å². The predicted octanol–water partition coefficient (Wildman–Crippen LogP) is -0.801. The number of nitrogens with one attached hydrogen (secondary N) is 4. The second kappa shape index (κ2) is 24.8. The number of nitrogens with zero attached hydrogens (tertiary/aromatic N) is 7. The molecule has 1 fully saturated rings. The third-order valence-electron chi connectivity index (χ3n) is 10.3. The van der Waals surface area contributed by atoms with Crippen LogP contribution in [0.3, 0.4) is 0 Å². The number of oxime groups is 1. The molecule has 24 nitrogen and oxygen atoms in total. The van der Waals surface area contributed by atoms with Gasteiger partial charge in [0.15, 0.2) is 0 Å². The average molecular weight is 931 g/mol. The number of aliphatic hydroxyl groups excluding tert-OH is 1. The summed E-state index contributed by atoms with van der Waals surface area (Å²) in [6.07, 6.45) is 7.62. The van der Waals surface area contributed by atoms with Crippen LogP contribution in [0.25, 0.3) is 5.69 Å². The number of amides is 6. The Morgan fingerprint density at radius 3 is 2.32 bits per heavy atom. The molecule has 25 heteroatoms. The number of unbranched alkanes of at least 4 members (excludes halogenated alkanes) is 2. The van der Waals surface area contributed by atoms with Crippen molar-refractivity contribution in [1.29, 1.82) is 0 Å². The van der Waals surface area contributed by atoms with Crippen LogP contribution >= 0.6 is 7.82 Å². The Kier molecular flexibility index (Phi) is 19.7. The number of nitrogens with two attached hydrogens (primary N) is 1. The smallest absolute Gasteiger partial charge is 0.396 e. The number of hydrogen-bond donors (Lipinski definition) is 8. The van der Waals surface area contributed by atoms with Crippen molar-refractivity contribution in [3.8, 4) is 5.69 Å². The van der Waals surface area contributed by atoms with Crippen LogP contribution in [-0.4, -0.2) is 142 Å². The molecule has 0 radical (unpaired) electrons. The lowest BCUT2D eigenvalue weighted by atomic mass is 10.0. The number of carbonyl (C=O) groups is 6. The van der Waals surface area contributed by atoms with E-state index in [0.29, 0.717) is 63.2 Å². The van der Waals surface area contributed by atoms with Gasteiger partial charge in [-0.15, -0.1) is 5.10 Å². The van der Waals surface area contributed by atoms with Crippen LogP contribution in [0, 0.1) is 5.92 Å². The summed E-state index contributed by atoms with van der Waals surface area (Å²) in [7, 11) is -5.13. The van der Waals surface area contributed by atoms with E-state index < -0.39 is 80.3 Å². The highest BCUT2D eigenvalue weighted by molar-refractivity contribution is 7.46. The van der Waals surface area contributed by atoms with Gasteiger partial charge in [0, 0.05) is 38.3 Å². The highest BCUT2D eigenvalue weighted by Crippen LogP contribution is 2.38. The number of benzene rings is 1. The number of primary amides is 1. The number of imidazole rings is 1. The molecule has 0 bridgehead atoms. The van der Waals surface area contributed by atoms with Gasteiger partial charge < -0.3 is 56.2 Å². The Morgan fingerprint density at radius 1 is 0.969 bits per heavy atom. The second-order valence-electron chi connectivity index (χ2n) is 15.9. The predicted molar refractivity (Wildman–Crippen MR) is 231 cm³/mol. The average Bonchev–Trinajstić information content (AvgIpc) is 4.04. The van der Waals surface area contributed by atoms with Gasteiger partial charge in [-0.3, -0.25) is 33.3 Å². The van der Waals surface area contributed by atoms with Crippen LogP contribution in [0.1, 0.15) is 77.6 Å². The number of aliphatic hydroxyl groups is 1. The minimum absolute atomic E-state index is 0.107. The van der Waals surface area contributed by atoms with Crippen LogP contribution in [0.4, 0.5) is 0 Å². The van der Waals surface area contributed by atoms with E-state index in [4.69, 9.17) is 10.6 Å². The molecule has 9 N–H and O–H groups in total. The second-order valence-corrected chi connectivity index (χ2v) is 17.1. The summed E-state index contributed by atoms with van der Waals surface area (Å²) in [5, 5.41) is 32.2. The molecule has 65 heavy (non-hydrogen) atoms. The van der Waals surface area contributed by atoms with Crippen molar-refractivity contribution in [1.82, 2.24) is 50.7 Å². The molecule has 6 atom stereocenters. The third kappa shape index (κ3) is 16.5. The molecule has 1 saturated heterocycles. The van der Waals surface area contributed by atoms with E-state index in [9.17, 15) is 48.2 Å². The van der Waals surface area contributed by atoms with Gasteiger partial charge >= 0.3 is 7.82 Å². The van der Waals surface area contributed by atoms with Crippen molar-refractivity contribution < 1.29 is 57.6 Å². The maximum absolute atomic E-state index is 14.0. The van der Waals surface area contributed by atoms with Crippen molar-refractivity contribution in [2.75, 3.05) is 19.8 Å². The summed E-state index contributed by atoms with van der Waals surface area (Å²) in [5.41, 5.74) is 7.22.